The highest BCUT2D eigenvalue weighted by Crippen LogP contribution is 2.19. The number of ether oxygens (including phenoxy) is 1. The van der Waals surface area contributed by atoms with Crippen LogP contribution in [0.1, 0.15) is 31.9 Å². The largest absolute Gasteiger partial charge is 0.465 e. The summed E-state index contributed by atoms with van der Waals surface area (Å²) in [5, 5.41) is 3.61. The Labute approximate surface area is 210 Å². The minimum atomic E-state index is -0.544. The molecule has 192 valence electrons. The van der Waals surface area contributed by atoms with Gasteiger partial charge in [-0.1, -0.05) is 30.3 Å². The second-order valence-corrected chi connectivity index (χ2v) is 8.74. The summed E-state index contributed by atoms with van der Waals surface area (Å²) in [4.78, 5) is 44.1. The molecule has 0 saturated carbocycles. The predicted molar refractivity (Wildman–Crippen MR) is 136 cm³/mol. The van der Waals surface area contributed by atoms with Gasteiger partial charge in [0.25, 0.3) is 0 Å². The fourth-order valence-electron chi connectivity index (χ4n) is 3.89. The van der Waals surface area contributed by atoms with Gasteiger partial charge in [0.1, 0.15) is 18.9 Å². The highest BCUT2D eigenvalue weighted by atomic mass is 19.1. The van der Waals surface area contributed by atoms with Crippen LogP contribution in [0.15, 0.2) is 54.7 Å². The molecular formula is C27H33FN4O4. The van der Waals surface area contributed by atoms with Crippen molar-refractivity contribution in [3.63, 3.8) is 0 Å². The first-order chi connectivity index (χ1) is 17.3. The quantitative estimate of drug-likeness (QED) is 0.394. The van der Waals surface area contributed by atoms with Gasteiger partial charge in [-0.05, 0) is 56.5 Å². The van der Waals surface area contributed by atoms with Gasteiger partial charge in [0.15, 0.2) is 0 Å². The third-order valence-corrected chi connectivity index (χ3v) is 5.84. The van der Waals surface area contributed by atoms with Crippen molar-refractivity contribution in [3.05, 3.63) is 71.7 Å². The minimum absolute atomic E-state index is 0.165. The Morgan fingerprint density at radius 2 is 1.81 bits per heavy atom. The van der Waals surface area contributed by atoms with E-state index >= 15 is 0 Å². The smallest absolute Gasteiger partial charge is 0.325 e. The Balaban J connectivity index is 1.73. The summed E-state index contributed by atoms with van der Waals surface area (Å²) in [7, 11) is 0. The fraction of sp³-hybridized carbons (Fsp3) is 0.370. The molecule has 1 aromatic heterocycles. The third kappa shape index (κ3) is 7.31. The number of esters is 1. The van der Waals surface area contributed by atoms with Crippen LogP contribution < -0.4 is 5.32 Å². The molecule has 0 radical (unpaired) electrons. The van der Waals surface area contributed by atoms with Crippen LogP contribution in [0, 0.1) is 5.82 Å². The van der Waals surface area contributed by atoms with Crippen LogP contribution in [-0.4, -0.2) is 65.0 Å². The molecule has 3 aromatic rings. The number of fused-ring (bicyclic) bond motifs is 1. The summed E-state index contributed by atoms with van der Waals surface area (Å²) in [5.41, 5.74) is 2.88. The zero-order valence-electron chi connectivity index (χ0n) is 20.9. The van der Waals surface area contributed by atoms with Crippen molar-refractivity contribution in [1.82, 2.24) is 20.1 Å². The maximum absolute atomic E-state index is 13.4. The lowest BCUT2D eigenvalue weighted by atomic mass is 10.1. The molecule has 1 heterocycles. The first-order valence-corrected chi connectivity index (χ1v) is 12.1. The lowest BCUT2D eigenvalue weighted by molar-refractivity contribution is -0.141. The fourth-order valence-corrected chi connectivity index (χ4v) is 3.89. The standard InChI is InChI=1S/C27H33FN4O4/c1-4-36-26(34)16-30-27(35)32(19(2)3)18-25(33)31(17-20-9-11-22(28)12-10-20)14-13-21-15-29-24-8-6-5-7-23(21)24/h5-12,15,19,29H,4,13-14,16-18H2,1-3H3,(H,30,35). The average Bonchev–Trinajstić information content (AvgIpc) is 3.27. The average molecular weight is 497 g/mol. The van der Waals surface area contributed by atoms with Gasteiger partial charge in [0.05, 0.1) is 6.61 Å². The SMILES string of the molecule is CCOC(=O)CNC(=O)N(CC(=O)N(CCc1c[nH]c2ccccc12)Cc1ccc(F)cc1)C(C)C. The summed E-state index contributed by atoms with van der Waals surface area (Å²) in [6.07, 6.45) is 2.54. The molecule has 36 heavy (non-hydrogen) atoms. The van der Waals surface area contributed by atoms with Crippen molar-refractivity contribution >= 4 is 28.8 Å². The number of hydrogen-bond donors (Lipinski definition) is 2. The topological polar surface area (TPSA) is 94.7 Å². The molecule has 0 unspecified atom stereocenters. The molecule has 0 aliphatic heterocycles. The lowest BCUT2D eigenvalue weighted by Gasteiger charge is -2.30. The van der Waals surface area contributed by atoms with Crippen molar-refractivity contribution in [2.75, 3.05) is 26.2 Å². The van der Waals surface area contributed by atoms with E-state index in [-0.39, 0.29) is 44.0 Å². The Morgan fingerprint density at radius 1 is 1.08 bits per heavy atom. The maximum atomic E-state index is 13.4. The first-order valence-electron chi connectivity index (χ1n) is 12.1. The van der Waals surface area contributed by atoms with Gasteiger partial charge in [0, 0.05) is 36.2 Å². The molecule has 9 heteroatoms. The van der Waals surface area contributed by atoms with Crippen LogP contribution >= 0.6 is 0 Å². The van der Waals surface area contributed by atoms with Crippen molar-refractivity contribution in [3.8, 4) is 0 Å². The Morgan fingerprint density at radius 3 is 2.50 bits per heavy atom. The van der Waals surface area contributed by atoms with Crippen molar-refractivity contribution in [2.45, 2.75) is 39.8 Å². The van der Waals surface area contributed by atoms with E-state index in [0.717, 1.165) is 22.0 Å². The molecule has 0 bridgehead atoms. The van der Waals surface area contributed by atoms with E-state index in [1.807, 2.05) is 30.5 Å². The number of halogens is 1. The highest BCUT2D eigenvalue weighted by molar-refractivity contribution is 5.86. The monoisotopic (exact) mass is 496 g/mol. The normalized spacial score (nSPS) is 10.9. The van der Waals surface area contributed by atoms with Gasteiger partial charge in [-0.3, -0.25) is 9.59 Å². The number of para-hydroxylation sites is 1. The van der Waals surface area contributed by atoms with E-state index in [9.17, 15) is 18.8 Å². The number of carbonyl (C=O) groups is 3. The molecule has 0 aliphatic rings. The lowest BCUT2D eigenvalue weighted by Crippen LogP contribution is -2.50. The zero-order valence-corrected chi connectivity index (χ0v) is 20.9. The van der Waals surface area contributed by atoms with E-state index in [1.54, 1.807) is 37.8 Å². The van der Waals surface area contributed by atoms with Crippen LogP contribution in [0.25, 0.3) is 10.9 Å². The number of amides is 3. The van der Waals surface area contributed by atoms with E-state index in [2.05, 4.69) is 10.3 Å². The van der Waals surface area contributed by atoms with Gasteiger partial charge < -0.3 is 24.8 Å². The summed E-state index contributed by atoms with van der Waals surface area (Å²) in [6, 6.07) is 13.2. The van der Waals surface area contributed by atoms with E-state index in [0.29, 0.717) is 13.0 Å². The van der Waals surface area contributed by atoms with Crippen molar-refractivity contribution in [1.29, 1.82) is 0 Å². The molecular weight excluding hydrogens is 463 g/mol. The van der Waals surface area contributed by atoms with Crippen LogP contribution in [0.4, 0.5) is 9.18 Å². The Kier molecular flexibility index (Phi) is 9.44. The van der Waals surface area contributed by atoms with Gasteiger partial charge in [-0.15, -0.1) is 0 Å². The highest BCUT2D eigenvalue weighted by Gasteiger charge is 2.24. The van der Waals surface area contributed by atoms with Gasteiger partial charge in [-0.2, -0.15) is 0 Å². The molecule has 2 aromatic carbocycles. The van der Waals surface area contributed by atoms with Gasteiger partial charge in [0.2, 0.25) is 5.91 Å². The molecule has 3 rings (SSSR count). The number of benzene rings is 2. The van der Waals surface area contributed by atoms with E-state index in [4.69, 9.17) is 4.74 Å². The van der Waals surface area contributed by atoms with Crippen molar-refractivity contribution in [2.24, 2.45) is 0 Å². The Bertz CT molecular complexity index is 1180. The minimum Gasteiger partial charge on any atom is -0.465 e. The predicted octanol–water partition coefficient (Wildman–Crippen LogP) is 3.86. The molecule has 0 saturated heterocycles. The number of nitrogens with one attached hydrogen (secondary N) is 2. The number of urea groups is 1. The molecule has 0 aliphatic carbocycles. The summed E-state index contributed by atoms with van der Waals surface area (Å²) >= 11 is 0. The number of carbonyl (C=O) groups excluding carboxylic acids is 3. The number of H-pyrrole nitrogens is 1. The molecule has 0 fully saturated rings. The molecule has 3 amide bonds. The second-order valence-electron chi connectivity index (χ2n) is 8.74. The maximum Gasteiger partial charge on any atom is 0.325 e. The molecule has 8 nitrogen and oxygen atoms in total. The van der Waals surface area contributed by atoms with Crippen LogP contribution in [0.5, 0.6) is 0 Å². The molecule has 2 N–H and O–H groups in total. The molecule has 0 spiro atoms. The molecule has 0 atom stereocenters. The first kappa shape index (κ1) is 26.7. The Hall–Kier alpha value is -3.88. The number of aromatic amines is 1. The van der Waals surface area contributed by atoms with Gasteiger partial charge >= 0.3 is 12.0 Å². The summed E-state index contributed by atoms with van der Waals surface area (Å²) < 4.78 is 18.3. The van der Waals surface area contributed by atoms with Crippen LogP contribution in [-0.2, 0) is 27.3 Å². The number of nitrogens with zero attached hydrogens (tertiary/aromatic N) is 2. The van der Waals surface area contributed by atoms with E-state index in [1.165, 1.54) is 17.0 Å². The summed E-state index contributed by atoms with van der Waals surface area (Å²) in [5.74, 6) is -1.14. The summed E-state index contributed by atoms with van der Waals surface area (Å²) in [6.45, 7) is 5.75. The van der Waals surface area contributed by atoms with Crippen LogP contribution in [0.3, 0.4) is 0 Å². The van der Waals surface area contributed by atoms with Crippen molar-refractivity contribution < 1.29 is 23.5 Å². The second kappa shape index (κ2) is 12.7. The van der Waals surface area contributed by atoms with Gasteiger partial charge in [-0.25, -0.2) is 9.18 Å². The van der Waals surface area contributed by atoms with Crippen LogP contribution in [0.2, 0.25) is 0 Å². The zero-order chi connectivity index (χ0) is 26.1. The van der Waals surface area contributed by atoms with E-state index < -0.39 is 12.0 Å². The third-order valence-electron chi connectivity index (χ3n) is 5.84. The number of hydrogen-bond acceptors (Lipinski definition) is 4. The number of rotatable bonds is 11. The number of aromatic nitrogens is 1.